The minimum atomic E-state index is -1.02. The molecule has 114 valence electrons. The maximum Gasteiger partial charge on any atom is 0.408 e. The predicted octanol–water partition coefficient (Wildman–Crippen LogP) is 2.95. The number of carbonyl (C=O) groups excluding carboxylic acids is 1. The van der Waals surface area contributed by atoms with Gasteiger partial charge in [0.1, 0.15) is 12.6 Å². The van der Waals surface area contributed by atoms with Crippen molar-refractivity contribution in [3.63, 3.8) is 0 Å². The van der Waals surface area contributed by atoms with Crippen molar-refractivity contribution in [1.82, 2.24) is 5.32 Å². The van der Waals surface area contributed by atoms with Gasteiger partial charge in [-0.1, -0.05) is 37.3 Å². The van der Waals surface area contributed by atoms with Crippen molar-refractivity contribution in [2.24, 2.45) is 5.41 Å². The van der Waals surface area contributed by atoms with E-state index in [1.54, 1.807) is 0 Å². The summed E-state index contributed by atoms with van der Waals surface area (Å²) in [6.07, 6.45) is 2.83. The molecule has 0 aromatic heterocycles. The second-order valence-electron chi connectivity index (χ2n) is 5.95. The lowest BCUT2D eigenvalue weighted by molar-refractivity contribution is -0.139. The molecule has 21 heavy (non-hydrogen) atoms. The fraction of sp³-hybridized carbons (Fsp3) is 0.500. The van der Waals surface area contributed by atoms with E-state index in [0.29, 0.717) is 6.42 Å². The lowest BCUT2D eigenvalue weighted by Gasteiger charge is -2.16. The molecule has 0 heterocycles. The summed E-state index contributed by atoms with van der Waals surface area (Å²) in [5.41, 5.74) is 1.13. The Morgan fingerprint density at radius 2 is 2.00 bits per heavy atom. The number of aliphatic carboxylic acids is 1. The second-order valence-corrected chi connectivity index (χ2v) is 5.95. The van der Waals surface area contributed by atoms with E-state index in [0.717, 1.165) is 24.8 Å². The van der Waals surface area contributed by atoms with Crippen molar-refractivity contribution in [3.05, 3.63) is 35.9 Å². The minimum absolute atomic E-state index is 0.136. The molecule has 0 aliphatic heterocycles. The fourth-order valence-electron chi connectivity index (χ4n) is 2.12. The zero-order valence-electron chi connectivity index (χ0n) is 12.2. The highest BCUT2D eigenvalue weighted by Gasteiger charge is 2.38. The highest BCUT2D eigenvalue weighted by atomic mass is 16.5. The number of hydrogen-bond donors (Lipinski definition) is 2. The maximum atomic E-state index is 11.7. The Morgan fingerprint density at radius 1 is 1.33 bits per heavy atom. The largest absolute Gasteiger partial charge is 0.480 e. The van der Waals surface area contributed by atoms with E-state index in [9.17, 15) is 9.59 Å². The number of ether oxygens (including phenoxy) is 1. The van der Waals surface area contributed by atoms with Crippen molar-refractivity contribution in [3.8, 4) is 0 Å². The fourth-order valence-corrected chi connectivity index (χ4v) is 2.12. The first-order chi connectivity index (χ1) is 9.98. The molecule has 0 saturated heterocycles. The van der Waals surface area contributed by atoms with Gasteiger partial charge < -0.3 is 15.2 Å². The van der Waals surface area contributed by atoms with Gasteiger partial charge in [0.15, 0.2) is 0 Å². The number of hydrogen-bond acceptors (Lipinski definition) is 3. The molecule has 1 amide bonds. The van der Waals surface area contributed by atoms with E-state index in [4.69, 9.17) is 9.84 Å². The first-order valence-corrected chi connectivity index (χ1v) is 7.19. The van der Waals surface area contributed by atoms with Crippen LogP contribution in [-0.4, -0.2) is 23.2 Å². The third-order valence-corrected chi connectivity index (χ3v) is 3.94. The van der Waals surface area contributed by atoms with Crippen LogP contribution in [0.4, 0.5) is 4.79 Å². The van der Waals surface area contributed by atoms with Gasteiger partial charge in [0.25, 0.3) is 0 Å². The molecule has 5 nitrogen and oxygen atoms in total. The molecule has 0 radical (unpaired) electrons. The smallest absolute Gasteiger partial charge is 0.408 e. The zero-order chi connectivity index (χ0) is 15.3. The van der Waals surface area contributed by atoms with Gasteiger partial charge in [0.05, 0.1) is 0 Å². The van der Waals surface area contributed by atoms with Crippen LogP contribution in [0.15, 0.2) is 30.3 Å². The molecule has 1 aliphatic rings. The SMILES string of the molecule is CC1(CC[C@@H](NC(=O)OCc2ccccc2)C(=O)O)CC1. The first kappa shape index (κ1) is 15.4. The lowest BCUT2D eigenvalue weighted by atomic mass is 9.99. The summed E-state index contributed by atoms with van der Waals surface area (Å²) in [6, 6.07) is 8.39. The number of carboxylic acids is 1. The summed E-state index contributed by atoms with van der Waals surface area (Å²) in [5, 5.41) is 11.6. The second kappa shape index (κ2) is 6.61. The molecule has 1 aliphatic carbocycles. The number of rotatable bonds is 7. The van der Waals surface area contributed by atoms with Gasteiger partial charge in [0, 0.05) is 0 Å². The van der Waals surface area contributed by atoms with Crippen LogP contribution in [0.25, 0.3) is 0 Å². The van der Waals surface area contributed by atoms with Gasteiger partial charge in [0.2, 0.25) is 0 Å². The molecule has 1 fully saturated rings. The van der Waals surface area contributed by atoms with Crippen molar-refractivity contribution in [2.45, 2.75) is 45.3 Å². The minimum Gasteiger partial charge on any atom is -0.480 e. The van der Waals surface area contributed by atoms with Crippen LogP contribution in [0.3, 0.4) is 0 Å². The van der Waals surface area contributed by atoms with Crippen LogP contribution < -0.4 is 5.32 Å². The Balaban J connectivity index is 1.76. The topological polar surface area (TPSA) is 75.6 Å². The van der Waals surface area contributed by atoms with Crippen LogP contribution in [-0.2, 0) is 16.1 Å². The van der Waals surface area contributed by atoms with Gasteiger partial charge in [-0.3, -0.25) is 0 Å². The monoisotopic (exact) mass is 291 g/mol. The van der Waals surface area contributed by atoms with E-state index >= 15 is 0 Å². The molecular weight excluding hydrogens is 270 g/mol. The van der Waals surface area contributed by atoms with E-state index in [1.807, 2.05) is 30.3 Å². The standard InChI is InChI=1S/C16H21NO4/c1-16(9-10-16)8-7-13(14(18)19)17-15(20)21-11-12-5-3-2-4-6-12/h2-6,13H,7-11H2,1H3,(H,17,20)(H,18,19)/t13-/m1/s1. The van der Waals surface area contributed by atoms with Crippen LogP contribution in [0, 0.1) is 5.41 Å². The van der Waals surface area contributed by atoms with Gasteiger partial charge in [-0.05, 0) is 36.7 Å². The Labute approximate surface area is 124 Å². The summed E-state index contributed by atoms with van der Waals surface area (Å²) in [6.45, 7) is 2.27. The van der Waals surface area contributed by atoms with E-state index in [-0.39, 0.29) is 12.0 Å². The molecule has 0 unspecified atom stereocenters. The van der Waals surface area contributed by atoms with E-state index in [2.05, 4.69) is 12.2 Å². The summed E-state index contributed by atoms with van der Waals surface area (Å²) in [4.78, 5) is 22.9. The molecule has 1 atom stereocenters. The summed E-state index contributed by atoms with van der Waals surface area (Å²) < 4.78 is 5.04. The summed E-state index contributed by atoms with van der Waals surface area (Å²) in [5.74, 6) is -1.02. The highest BCUT2D eigenvalue weighted by molar-refractivity contribution is 5.79. The number of carboxylic acid groups (broad SMARTS) is 1. The molecule has 0 spiro atoms. The number of carbonyl (C=O) groups is 2. The average molecular weight is 291 g/mol. The zero-order valence-corrected chi connectivity index (χ0v) is 12.2. The molecule has 2 rings (SSSR count). The number of alkyl carbamates (subject to hydrolysis) is 1. The van der Waals surface area contributed by atoms with Crippen LogP contribution in [0.5, 0.6) is 0 Å². The van der Waals surface area contributed by atoms with Crippen molar-refractivity contribution < 1.29 is 19.4 Å². The van der Waals surface area contributed by atoms with Gasteiger partial charge in [-0.25, -0.2) is 9.59 Å². The quantitative estimate of drug-likeness (QED) is 0.810. The number of amides is 1. The Bertz CT molecular complexity index is 496. The third-order valence-electron chi connectivity index (χ3n) is 3.94. The first-order valence-electron chi connectivity index (χ1n) is 7.19. The van der Waals surface area contributed by atoms with Crippen LogP contribution >= 0.6 is 0 Å². The molecule has 5 heteroatoms. The Kier molecular flexibility index (Phi) is 4.83. The number of nitrogens with one attached hydrogen (secondary N) is 1. The lowest BCUT2D eigenvalue weighted by Crippen LogP contribution is -2.41. The van der Waals surface area contributed by atoms with Crippen molar-refractivity contribution >= 4 is 12.1 Å². The van der Waals surface area contributed by atoms with Crippen molar-refractivity contribution in [1.29, 1.82) is 0 Å². The Morgan fingerprint density at radius 3 is 2.57 bits per heavy atom. The summed E-state index contributed by atoms with van der Waals surface area (Å²) in [7, 11) is 0. The normalized spacial score (nSPS) is 16.8. The highest BCUT2D eigenvalue weighted by Crippen LogP contribution is 2.49. The maximum absolute atomic E-state index is 11.7. The average Bonchev–Trinajstić information content (AvgIpc) is 3.20. The molecule has 1 saturated carbocycles. The predicted molar refractivity (Wildman–Crippen MR) is 77.8 cm³/mol. The molecule has 1 aromatic rings. The Hall–Kier alpha value is -2.04. The van der Waals surface area contributed by atoms with E-state index in [1.165, 1.54) is 0 Å². The van der Waals surface area contributed by atoms with Crippen LogP contribution in [0.1, 0.15) is 38.2 Å². The van der Waals surface area contributed by atoms with Crippen molar-refractivity contribution in [2.75, 3.05) is 0 Å². The summed E-state index contributed by atoms with van der Waals surface area (Å²) >= 11 is 0. The molecule has 2 N–H and O–H groups in total. The van der Waals surface area contributed by atoms with Gasteiger partial charge in [-0.2, -0.15) is 0 Å². The van der Waals surface area contributed by atoms with Crippen LogP contribution in [0.2, 0.25) is 0 Å². The van der Waals surface area contributed by atoms with Gasteiger partial charge in [-0.15, -0.1) is 0 Å². The van der Waals surface area contributed by atoms with Gasteiger partial charge >= 0.3 is 12.1 Å². The van der Waals surface area contributed by atoms with E-state index < -0.39 is 18.1 Å². The molecule has 0 bridgehead atoms. The third kappa shape index (κ3) is 5.10. The molecule has 1 aromatic carbocycles. The molecular formula is C16H21NO4. The number of benzene rings is 1.